The fourth-order valence-electron chi connectivity index (χ4n) is 2.07. The molecule has 1 fully saturated rings. The van der Waals surface area contributed by atoms with Crippen LogP contribution in [-0.4, -0.2) is 28.5 Å². The number of ether oxygens (including phenoxy) is 1. The van der Waals surface area contributed by atoms with Crippen LogP contribution in [-0.2, 0) is 4.74 Å². The van der Waals surface area contributed by atoms with Gasteiger partial charge in [-0.3, -0.25) is 0 Å². The Labute approximate surface area is 104 Å². The standard InChI is InChI=1S/C13H14N2O3/c16-11-5-3-9(4-6-11)13-14-12(15-18-13)10-2-1-7-17-8-10/h3-6,10,16H,1-2,7-8H2. The molecule has 2 heterocycles. The molecule has 1 aromatic carbocycles. The Bertz CT molecular complexity index is 515. The number of hydrogen-bond donors (Lipinski definition) is 1. The second-order valence-corrected chi connectivity index (χ2v) is 4.42. The quantitative estimate of drug-likeness (QED) is 0.880. The summed E-state index contributed by atoms with van der Waals surface area (Å²) in [4.78, 5) is 4.39. The number of aromatic nitrogens is 2. The van der Waals surface area contributed by atoms with Crippen molar-refractivity contribution in [2.75, 3.05) is 13.2 Å². The summed E-state index contributed by atoms with van der Waals surface area (Å²) >= 11 is 0. The van der Waals surface area contributed by atoms with Gasteiger partial charge in [-0.1, -0.05) is 5.16 Å². The van der Waals surface area contributed by atoms with Crippen molar-refractivity contribution in [3.05, 3.63) is 30.1 Å². The molecule has 0 radical (unpaired) electrons. The van der Waals surface area contributed by atoms with E-state index in [1.54, 1.807) is 24.3 Å². The van der Waals surface area contributed by atoms with Crippen LogP contribution < -0.4 is 0 Å². The van der Waals surface area contributed by atoms with E-state index in [0.717, 1.165) is 25.0 Å². The molecule has 1 N–H and O–H groups in total. The van der Waals surface area contributed by atoms with Crippen molar-refractivity contribution in [3.8, 4) is 17.2 Å². The molecule has 0 aliphatic carbocycles. The Morgan fingerprint density at radius 1 is 1.22 bits per heavy atom. The summed E-state index contributed by atoms with van der Waals surface area (Å²) in [5.74, 6) is 1.64. The second kappa shape index (κ2) is 4.78. The van der Waals surface area contributed by atoms with E-state index >= 15 is 0 Å². The molecule has 0 amide bonds. The molecule has 0 bridgehead atoms. The van der Waals surface area contributed by atoms with Crippen LogP contribution in [0.15, 0.2) is 28.8 Å². The summed E-state index contributed by atoms with van der Waals surface area (Å²) < 4.78 is 10.7. The Hall–Kier alpha value is -1.88. The third-order valence-electron chi connectivity index (χ3n) is 3.08. The number of aromatic hydroxyl groups is 1. The average Bonchev–Trinajstić information content (AvgIpc) is 2.90. The van der Waals surface area contributed by atoms with Crippen molar-refractivity contribution in [3.63, 3.8) is 0 Å². The molecule has 1 atom stereocenters. The number of phenolic OH excluding ortho intramolecular Hbond substituents is 1. The molecule has 5 heteroatoms. The zero-order chi connectivity index (χ0) is 12.4. The average molecular weight is 246 g/mol. The zero-order valence-corrected chi connectivity index (χ0v) is 9.87. The van der Waals surface area contributed by atoms with E-state index in [9.17, 15) is 5.11 Å². The first-order valence-electron chi connectivity index (χ1n) is 6.04. The third kappa shape index (κ3) is 2.22. The predicted octanol–water partition coefficient (Wildman–Crippen LogP) is 2.34. The van der Waals surface area contributed by atoms with Crippen LogP contribution in [0.3, 0.4) is 0 Å². The van der Waals surface area contributed by atoms with Crippen LogP contribution in [0.1, 0.15) is 24.6 Å². The number of phenols is 1. The van der Waals surface area contributed by atoms with Gasteiger partial charge in [0, 0.05) is 18.1 Å². The molecule has 3 rings (SSSR count). The maximum absolute atomic E-state index is 9.23. The molecular weight excluding hydrogens is 232 g/mol. The minimum atomic E-state index is 0.221. The lowest BCUT2D eigenvalue weighted by Gasteiger charge is -2.18. The van der Waals surface area contributed by atoms with Crippen LogP contribution in [0.2, 0.25) is 0 Å². The van der Waals surface area contributed by atoms with Gasteiger partial charge in [-0.2, -0.15) is 4.98 Å². The molecule has 94 valence electrons. The number of nitrogens with zero attached hydrogens (tertiary/aromatic N) is 2. The minimum Gasteiger partial charge on any atom is -0.508 e. The highest BCUT2D eigenvalue weighted by atomic mass is 16.5. The van der Waals surface area contributed by atoms with Gasteiger partial charge in [0.1, 0.15) is 5.75 Å². The maximum atomic E-state index is 9.23. The van der Waals surface area contributed by atoms with Gasteiger partial charge in [-0.25, -0.2) is 0 Å². The number of benzene rings is 1. The van der Waals surface area contributed by atoms with Crippen LogP contribution in [0.4, 0.5) is 0 Å². The Kier molecular flexibility index (Phi) is 2.98. The smallest absolute Gasteiger partial charge is 0.257 e. The van der Waals surface area contributed by atoms with Crippen molar-refractivity contribution < 1.29 is 14.4 Å². The fourth-order valence-corrected chi connectivity index (χ4v) is 2.07. The van der Waals surface area contributed by atoms with Crippen molar-refractivity contribution in [2.24, 2.45) is 0 Å². The first-order chi connectivity index (χ1) is 8.83. The van der Waals surface area contributed by atoms with E-state index in [0.29, 0.717) is 18.3 Å². The highest BCUT2D eigenvalue weighted by Crippen LogP contribution is 2.26. The van der Waals surface area contributed by atoms with Gasteiger partial charge in [-0.15, -0.1) is 0 Å². The minimum absolute atomic E-state index is 0.221. The van der Waals surface area contributed by atoms with Crippen LogP contribution in [0, 0.1) is 0 Å². The van der Waals surface area contributed by atoms with Gasteiger partial charge < -0.3 is 14.4 Å². The van der Waals surface area contributed by atoms with Gasteiger partial charge in [0.25, 0.3) is 5.89 Å². The summed E-state index contributed by atoms with van der Waals surface area (Å²) in [6.45, 7) is 1.48. The van der Waals surface area contributed by atoms with E-state index in [1.807, 2.05) is 0 Å². The molecule has 2 aromatic rings. The Morgan fingerprint density at radius 2 is 2.06 bits per heavy atom. The first-order valence-corrected chi connectivity index (χ1v) is 6.04. The van der Waals surface area contributed by atoms with E-state index in [1.165, 1.54) is 0 Å². The molecule has 1 aliphatic rings. The lowest BCUT2D eigenvalue weighted by atomic mass is 10.0. The molecule has 0 spiro atoms. The molecule has 0 saturated carbocycles. The number of rotatable bonds is 2. The SMILES string of the molecule is Oc1ccc(-c2nc(C3CCCOC3)no2)cc1. The topological polar surface area (TPSA) is 68.4 Å². The molecule has 1 unspecified atom stereocenters. The maximum Gasteiger partial charge on any atom is 0.257 e. The summed E-state index contributed by atoms with van der Waals surface area (Å²) in [7, 11) is 0. The molecule has 1 aromatic heterocycles. The summed E-state index contributed by atoms with van der Waals surface area (Å²) in [6, 6.07) is 6.71. The van der Waals surface area contributed by atoms with E-state index in [4.69, 9.17) is 9.26 Å². The van der Waals surface area contributed by atoms with Gasteiger partial charge >= 0.3 is 0 Å². The van der Waals surface area contributed by atoms with E-state index in [-0.39, 0.29) is 11.7 Å². The highest BCUT2D eigenvalue weighted by molar-refractivity contribution is 5.54. The Morgan fingerprint density at radius 3 is 2.78 bits per heavy atom. The van der Waals surface area contributed by atoms with Gasteiger partial charge in [0.05, 0.1) is 6.61 Å². The van der Waals surface area contributed by atoms with Crippen LogP contribution in [0.25, 0.3) is 11.5 Å². The molecule has 1 aliphatic heterocycles. The normalized spacial score (nSPS) is 19.9. The first kappa shape index (κ1) is 11.2. The largest absolute Gasteiger partial charge is 0.508 e. The van der Waals surface area contributed by atoms with E-state index in [2.05, 4.69) is 10.1 Å². The van der Waals surface area contributed by atoms with Crippen molar-refractivity contribution in [1.82, 2.24) is 10.1 Å². The van der Waals surface area contributed by atoms with Gasteiger partial charge in [0.2, 0.25) is 0 Å². The summed E-state index contributed by atoms with van der Waals surface area (Å²) in [5.41, 5.74) is 0.809. The lowest BCUT2D eigenvalue weighted by molar-refractivity contribution is 0.0773. The van der Waals surface area contributed by atoms with Crippen LogP contribution >= 0.6 is 0 Å². The van der Waals surface area contributed by atoms with Gasteiger partial charge in [0.15, 0.2) is 5.82 Å². The van der Waals surface area contributed by atoms with Crippen molar-refractivity contribution >= 4 is 0 Å². The van der Waals surface area contributed by atoms with Crippen LogP contribution in [0.5, 0.6) is 5.75 Å². The molecule has 18 heavy (non-hydrogen) atoms. The van der Waals surface area contributed by atoms with Crippen molar-refractivity contribution in [1.29, 1.82) is 0 Å². The third-order valence-corrected chi connectivity index (χ3v) is 3.08. The Balaban J connectivity index is 1.82. The lowest BCUT2D eigenvalue weighted by Crippen LogP contribution is -2.16. The van der Waals surface area contributed by atoms with Crippen molar-refractivity contribution in [2.45, 2.75) is 18.8 Å². The highest BCUT2D eigenvalue weighted by Gasteiger charge is 2.21. The predicted molar refractivity (Wildman–Crippen MR) is 64.2 cm³/mol. The molecule has 1 saturated heterocycles. The summed E-state index contributed by atoms with van der Waals surface area (Å²) in [5, 5.41) is 13.2. The molecular formula is C13H14N2O3. The monoisotopic (exact) mass is 246 g/mol. The van der Waals surface area contributed by atoms with Gasteiger partial charge in [-0.05, 0) is 37.1 Å². The fraction of sp³-hybridized carbons (Fsp3) is 0.385. The van der Waals surface area contributed by atoms with E-state index < -0.39 is 0 Å². The number of hydrogen-bond acceptors (Lipinski definition) is 5. The summed E-state index contributed by atoms with van der Waals surface area (Å²) in [6.07, 6.45) is 2.07. The second-order valence-electron chi connectivity index (χ2n) is 4.42. The zero-order valence-electron chi connectivity index (χ0n) is 9.87. The molecule has 5 nitrogen and oxygen atoms in total.